The number of anilines is 2. The van der Waals surface area contributed by atoms with Gasteiger partial charge in [0.05, 0.1) is 0 Å². The van der Waals surface area contributed by atoms with Crippen LogP contribution in [0.25, 0.3) is 0 Å². The number of nitrogens with zero attached hydrogens (tertiary/aromatic N) is 3. The van der Waals surface area contributed by atoms with E-state index >= 15 is 0 Å². The lowest BCUT2D eigenvalue weighted by molar-refractivity contribution is 0.777. The SMILES string of the molecule is CCCNc1nc(N)n(C)n1. The number of nitrogens with two attached hydrogens (primary N) is 1. The zero-order valence-electron chi connectivity index (χ0n) is 6.83. The van der Waals surface area contributed by atoms with Crippen molar-refractivity contribution in [2.24, 2.45) is 7.05 Å². The highest BCUT2D eigenvalue weighted by Gasteiger charge is 2.00. The second-order valence-electron chi connectivity index (χ2n) is 2.34. The Hall–Kier alpha value is -1.26. The van der Waals surface area contributed by atoms with E-state index in [1.807, 2.05) is 0 Å². The number of hydrogen-bond donors (Lipinski definition) is 2. The van der Waals surface area contributed by atoms with Crippen LogP contribution in [0.3, 0.4) is 0 Å². The second-order valence-corrected chi connectivity index (χ2v) is 2.34. The molecule has 0 radical (unpaired) electrons. The number of aromatic nitrogens is 3. The highest BCUT2D eigenvalue weighted by Crippen LogP contribution is 2.01. The van der Waals surface area contributed by atoms with Gasteiger partial charge in [-0.1, -0.05) is 6.92 Å². The highest BCUT2D eigenvalue weighted by molar-refractivity contribution is 5.30. The van der Waals surface area contributed by atoms with Gasteiger partial charge in [0.15, 0.2) is 0 Å². The van der Waals surface area contributed by atoms with Gasteiger partial charge in [-0.3, -0.25) is 0 Å². The number of rotatable bonds is 3. The van der Waals surface area contributed by atoms with E-state index in [0.717, 1.165) is 13.0 Å². The molecule has 0 spiro atoms. The van der Waals surface area contributed by atoms with Gasteiger partial charge in [-0.15, -0.1) is 5.10 Å². The number of hydrogen-bond acceptors (Lipinski definition) is 4. The lowest BCUT2D eigenvalue weighted by Crippen LogP contribution is -2.01. The minimum absolute atomic E-state index is 0.434. The maximum absolute atomic E-state index is 5.46. The Labute approximate surface area is 65.6 Å². The molecule has 1 aromatic heterocycles. The second kappa shape index (κ2) is 3.23. The Bertz CT molecular complexity index is 209. The van der Waals surface area contributed by atoms with Crippen LogP contribution >= 0.6 is 0 Å². The average Bonchev–Trinajstić information content (AvgIpc) is 2.28. The van der Waals surface area contributed by atoms with Crippen LogP contribution in [0.1, 0.15) is 13.3 Å². The molecule has 11 heavy (non-hydrogen) atoms. The fourth-order valence-corrected chi connectivity index (χ4v) is 0.708. The van der Waals surface area contributed by atoms with E-state index < -0.39 is 0 Å². The van der Waals surface area contributed by atoms with Gasteiger partial charge in [0.2, 0.25) is 11.9 Å². The zero-order chi connectivity index (χ0) is 8.27. The van der Waals surface area contributed by atoms with Crippen molar-refractivity contribution in [1.82, 2.24) is 14.8 Å². The number of nitrogens with one attached hydrogen (secondary N) is 1. The third-order valence-electron chi connectivity index (χ3n) is 1.33. The number of nitrogen functional groups attached to an aromatic ring is 1. The molecule has 0 aliphatic carbocycles. The summed E-state index contributed by atoms with van der Waals surface area (Å²) in [5, 5.41) is 7.05. The molecule has 3 N–H and O–H groups in total. The summed E-state index contributed by atoms with van der Waals surface area (Å²) in [7, 11) is 1.76. The fourth-order valence-electron chi connectivity index (χ4n) is 0.708. The van der Waals surface area contributed by atoms with Gasteiger partial charge < -0.3 is 11.1 Å². The molecule has 0 amide bonds. The summed E-state index contributed by atoms with van der Waals surface area (Å²) in [4.78, 5) is 3.97. The summed E-state index contributed by atoms with van der Waals surface area (Å²) in [6.45, 7) is 2.96. The van der Waals surface area contributed by atoms with E-state index in [-0.39, 0.29) is 0 Å². The Morgan fingerprint density at radius 1 is 1.64 bits per heavy atom. The van der Waals surface area contributed by atoms with Gasteiger partial charge in [0.25, 0.3) is 0 Å². The molecular formula is C6H13N5. The van der Waals surface area contributed by atoms with Crippen LogP contribution in [0.2, 0.25) is 0 Å². The normalized spacial score (nSPS) is 10.0. The minimum Gasteiger partial charge on any atom is -0.368 e. The molecule has 0 atom stereocenters. The molecule has 0 bridgehead atoms. The topological polar surface area (TPSA) is 68.8 Å². The number of aryl methyl sites for hydroxylation is 1. The molecular weight excluding hydrogens is 142 g/mol. The smallest absolute Gasteiger partial charge is 0.243 e. The van der Waals surface area contributed by atoms with Crippen molar-refractivity contribution in [2.45, 2.75) is 13.3 Å². The first-order valence-corrected chi connectivity index (χ1v) is 3.64. The highest BCUT2D eigenvalue weighted by atomic mass is 15.4. The molecule has 0 aromatic carbocycles. The molecule has 0 saturated carbocycles. The lowest BCUT2D eigenvalue weighted by atomic mass is 10.5. The molecule has 0 fully saturated rings. The molecule has 0 aliphatic rings. The van der Waals surface area contributed by atoms with Crippen molar-refractivity contribution in [3.63, 3.8) is 0 Å². The van der Waals surface area contributed by atoms with Crippen molar-refractivity contribution in [1.29, 1.82) is 0 Å². The first kappa shape index (κ1) is 7.84. The predicted molar refractivity (Wildman–Crippen MR) is 44.2 cm³/mol. The van der Waals surface area contributed by atoms with Crippen molar-refractivity contribution >= 4 is 11.9 Å². The van der Waals surface area contributed by atoms with Gasteiger partial charge in [-0.2, -0.15) is 4.98 Å². The summed E-state index contributed by atoms with van der Waals surface area (Å²) in [5.41, 5.74) is 5.46. The summed E-state index contributed by atoms with van der Waals surface area (Å²) in [6, 6.07) is 0. The fraction of sp³-hybridized carbons (Fsp3) is 0.667. The average molecular weight is 155 g/mol. The molecule has 5 heteroatoms. The minimum atomic E-state index is 0.434. The molecule has 0 unspecified atom stereocenters. The Morgan fingerprint density at radius 2 is 2.36 bits per heavy atom. The largest absolute Gasteiger partial charge is 0.368 e. The molecule has 0 saturated heterocycles. The third-order valence-corrected chi connectivity index (χ3v) is 1.33. The standard InChI is InChI=1S/C6H13N5/c1-3-4-8-6-9-5(7)11(2)10-6/h3-4H2,1-2H3,(H3,7,8,9,10). The van der Waals surface area contributed by atoms with Crippen LogP contribution in [-0.2, 0) is 7.05 Å². The van der Waals surface area contributed by atoms with Crippen LogP contribution in [0, 0.1) is 0 Å². The monoisotopic (exact) mass is 155 g/mol. The molecule has 1 aromatic rings. The molecule has 1 rings (SSSR count). The van der Waals surface area contributed by atoms with Crippen molar-refractivity contribution in [3.05, 3.63) is 0 Å². The summed E-state index contributed by atoms with van der Waals surface area (Å²) >= 11 is 0. The Kier molecular flexibility index (Phi) is 2.30. The van der Waals surface area contributed by atoms with Crippen LogP contribution in [0.4, 0.5) is 11.9 Å². The van der Waals surface area contributed by atoms with Crippen LogP contribution in [0.5, 0.6) is 0 Å². The summed E-state index contributed by atoms with van der Waals surface area (Å²) < 4.78 is 1.54. The lowest BCUT2D eigenvalue weighted by Gasteiger charge is -1.94. The molecule has 5 nitrogen and oxygen atoms in total. The van der Waals surface area contributed by atoms with Crippen LogP contribution < -0.4 is 11.1 Å². The molecule has 0 aliphatic heterocycles. The van der Waals surface area contributed by atoms with E-state index in [1.165, 1.54) is 4.68 Å². The quantitative estimate of drug-likeness (QED) is 0.655. The first-order valence-electron chi connectivity index (χ1n) is 3.64. The van der Waals surface area contributed by atoms with Crippen molar-refractivity contribution < 1.29 is 0 Å². The first-order chi connectivity index (χ1) is 5.24. The van der Waals surface area contributed by atoms with E-state index in [0.29, 0.717) is 11.9 Å². The third kappa shape index (κ3) is 1.83. The summed E-state index contributed by atoms with van der Waals surface area (Å²) in [5.74, 6) is 1.04. The Morgan fingerprint density at radius 3 is 2.82 bits per heavy atom. The van der Waals surface area contributed by atoms with Crippen LogP contribution in [-0.4, -0.2) is 21.3 Å². The maximum atomic E-state index is 5.46. The van der Waals surface area contributed by atoms with Gasteiger partial charge >= 0.3 is 0 Å². The van der Waals surface area contributed by atoms with Gasteiger partial charge in [-0.05, 0) is 6.42 Å². The van der Waals surface area contributed by atoms with Crippen molar-refractivity contribution in [3.8, 4) is 0 Å². The van der Waals surface area contributed by atoms with Gasteiger partial charge in [-0.25, -0.2) is 4.68 Å². The molecule has 1 heterocycles. The predicted octanol–water partition coefficient (Wildman–Crippen LogP) is 0.219. The Balaban J connectivity index is 2.58. The van der Waals surface area contributed by atoms with E-state index in [4.69, 9.17) is 5.73 Å². The zero-order valence-corrected chi connectivity index (χ0v) is 6.83. The van der Waals surface area contributed by atoms with Gasteiger partial charge in [0, 0.05) is 13.6 Å². The van der Waals surface area contributed by atoms with Crippen molar-refractivity contribution in [2.75, 3.05) is 17.6 Å². The van der Waals surface area contributed by atoms with E-state index in [2.05, 4.69) is 22.3 Å². The maximum Gasteiger partial charge on any atom is 0.243 e. The van der Waals surface area contributed by atoms with E-state index in [1.54, 1.807) is 7.05 Å². The van der Waals surface area contributed by atoms with Crippen LogP contribution in [0.15, 0.2) is 0 Å². The summed E-state index contributed by atoms with van der Waals surface area (Å²) in [6.07, 6.45) is 1.05. The van der Waals surface area contributed by atoms with Gasteiger partial charge in [0.1, 0.15) is 0 Å². The molecule has 62 valence electrons. The van der Waals surface area contributed by atoms with E-state index in [9.17, 15) is 0 Å².